The number of methoxy groups -OCH3 is 1. The van der Waals surface area contributed by atoms with Crippen molar-refractivity contribution in [3.8, 4) is 5.75 Å². The molecule has 6 heteroatoms. The first-order chi connectivity index (χ1) is 9.70. The number of rotatable bonds is 5. The molecule has 0 aliphatic heterocycles. The van der Waals surface area contributed by atoms with Crippen molar-refractivity contribution in [3.05, 3.63) is 52.5 Å². The molecule has 0 spiro atoms. The van der Waals surface area contributed by atoms with Gasteiger partial charge in [-0.15, -0.1) is 0 Å². The normalized spacial score (nSPS) is 10.1. The Balaban J connectivity index is 1.89. The molecule has 0 atom stereocenters. The molecule has 0 saturated carbocycles. The lowest BCUT2D eigenvalue weighted by Crippen LogP contribution is -2.26. The summed E-state index contributed by atoms with van der Waals surface area (Å²) in [7, 11) is 1.63. The second-order valence-corrected chi connectivity index (χ2v) is 4.85. The number of para-hydroxylation sites is 1. The van der Waals surface area contributed by atoms with Gasteiger partial charge in [0.05, 0.1) is 19.5 Å². The SMILES string of the molecule is COc1ccccc1CCNC(=O)c1cnc(Br)cn1. The van der Waals surface area contributed by atoms with Gasteiger partial charge in [-0.05, 0) is 34.0 Å². The summed E-state index contributed by atoms with van der Waals surface area (Å²) in [6.45, 7) is 0.511. The molecule has 0 radical (unpaired) electrons. The van der Waals surface area contributed by atoms with Gasteiger partial charge in [-0.3, -0.25) is 4.79 Å². The maximum absolute atomic E-state index is 11.8. The standard InChI is InChI=1S/C14H14BrN3O2/c1-20-12-5-3-2-4-10(12)6-7-16-14(19)11-8-18-13(15)9-17-11/h2-5,8-9H,6-7H2,1H3,(H,16,19). The molecule has 1 aromatic heterocycles. The fourth-order valence-electron chi connectivity index (χ4n) is 1.74. The topological polar surface area (TPSA) is 64.1 Å². The van der Waals surface area contributed by atoms with E-state index in [1.165, 1.54) is 12.4 Å². The van der Waals surface area contributed by atoms with Gasteiger partial charge in [0.2, 0.25) is 0 Å². The molecule has 20 heavy (non-hydrogen) atoms. The fraction of sp³-hybridized carbons (Fsp3) is 0.214. The summed E-state index contributed by atoms with van der Waals surface area (Å²) < 4.78 is 5.86. The van der Waals surface area contributed by atoms with Gasteiger partial charge in [-0.2, -0.15) is 0 Å². The zero-order valence-electron chi connectivity index (χ0n) is 11.0. The van der Waals surface area contributed by atoms with Crippen LogP contribution < -0.4 is 10.1 Å². The number of hydrogen-bond acceptors (Lipinski definition) is 4. The first-order valence-electron chi connectivity index (χ1n) is 6.08. The maximum atomic E-state index is 11.8. The first kappa shape index (κ1) is 14.5. The lowest BCUT2D eigenvalue weighted by molar-refractivity contribution is 0.0948. The van der Waals surface area contributed by atoms with Gasteiger partial charge in [-0.1, -0.05) is 18.2 Å². The van der Waals surface area contributed by atoms with Crippen molar-refractivity contribution < 1.29 is 9.53 Å². The predicted molar refractivity (Wildman–Crippen MR) is 78.8 cm³/mol. The molecule has 0 fully saturated rings. The van der Waals surface area contributed by atoms with E-state index in [1.54, 1.807) is 7.11 Å². The van der Waals surface area contributed by atoms with E-state index in [1.807, 2.05) is 24.3 Å². The predicted octanol–water partition coefficient (Wildman–Crippen LogP) is 2.22. The summed E-state index contributed by atoms with van der Waals surface area (Å²) in [5.41, 5.74) is 1.35. The van der Waals surface area contributed by atoms with Crippen LogP contribution in [-0.4, -0.2) is 29.5 Å². The highest BCUT2D eigenvalue weighted by atomic mass is 79.9. The van der Waals surface area contributed by atoms with E-state index in [2.05, 4.69) is 31.2 Å². The van der Waals surface area contributed by atoms with Crippen LogP contribution in [0.4, 0.5) is 0 Å². The summed E-state index contributed by atoms with van der Waals surface area (Å²) in [5.74, 6) is 0.588. The fourth-order valence-corrected chi connectivity index (χ4v) is 1.95. The average molecular weight is 336 g/mol. The van der Waals surface area contributed by atoms with Crippen LogP contribution in [0.15, 0.2) is 41.3 Å². The molecule has 2 aromatic rings. The molecule has 0 aliphatic carbocycles. The van der Waals surface area contributed by atoms with Gasteiger partial charge >= 0.3 is 0 Å². The molecule has 0 saturated heterocycles. The van der Waals surface area contributed by atoms with Crippen LogP contribution in [0.25, 0.3) is 0 Å². The van der Waals surface area contributed by atoms with Crippen LogP contribution in [-0.2, 0) is 6.42 Å². The Labute approximate surface area is 125 Å². The largest absolute Gasteiger partial charge is 0.496 e. The van der Waals surface area contributed by atoms with E-state index >= 15 is 0 Å². The van der Waals surface area contributed by atoms with Crippen LogP contribution in [0, 0.1) is 0 Å². The zero-order valence-corrected chi connectivity index (χ0v) is 12.6. The van der Waals surface area contributed by atoms with Crippen LogP contribution in [0.2, 0.25) is 0 Å². The van der Waals surface area contributed by atoms with Crippen molar-refractivity contribution in [2.24, 2.45) is 0 Å². The van der Waals surface area contributed by atoms with Crippen LogP contribution in [0.1, 0.15) is 16.1 Å². The molecule has 0 aliphatic rings. The minimum absolute atomic E-state index is 0.236. The number of amides is 1. The summed E-state index contributed by atoms with van der Waals surface area (Å²) in [4.78, 5) is 19.8. The number of nitrogens with zero attached hydrogens (tertiary/aromatic N) is 2. The molecule has 0 unspecified atom stereocenters. The van der Waals surface area contributed by atoms with Gasteiger partial charge in [0, 0.05) is 6.54 Å². The Morgan fingerprint density at radius 3 is 2.80 bits per heavy atom. The lowest BCUT2D eigenvalue weighted by atomic mass is 10.1. The molecular formula is C14H14BrN3O2. The number of hydrogen-bond donors (Lipinski definition) is 1. The van der Waals surface area contributed by atoms with Gasteiger partial charge in [0.1, 0.15) is 16.0 Å². The van der Waals surface area contributed by atoms with E-state index in [4.69, 9.17) is 4.74 Å². The van der Waals surface area contributed by atoms with E-state index in [9.17, 15) is 4.79 Å². The number of aromatic nitrogens is 2. The van der Waals surface area contributed by atoms with E-state index < -0.39 is 0 Å². The summed E-state index contributed by atoms with van der Waals surface area (Å²) in [5, 5.41) is 2.81. The van der Waals surface area contributed by atoms with Crippen LogP contribution in [0.3, 0.4) is 0 Å². The second kappa shape index (κ2) is 7.00. The van der Waals surface area contributed by atoms with Gasteiger partial charge < -0.3 is 10.1 Å². The highest BCUT2D eigenvalue weighted by Gasteiger charge is 2.08. The van der Waals surface area contributed by atoms with Crippen molar-refractivity contribution in [1.29, 1.82) is 0 Å². The van der Waals surface area contributed by atoms with Crippen molar-refractivity contribution in [2.75, 3.05) is 13.7 Å². The number of carbonyl (C=O) groups is 1. The summed E-state index contributed by atoms with van der Waals surface area (Å²) in [6, 6.07) is 7.74. The van der Waals surface area contributed by atoms with Crippen molar-refractivity contribution in [1.82, 2.24) is 15.3 Å². The van der Waals surface area contributed by atoms with Crippen LogP contribution >= 0.6 is 15.9 Å². The molecule has 1 N–H and O–H groups in total. The Kier molecular flexibility index (Phi) is 5.06. The molecule has 1 amide bonds. The molecular weight excluding hydrogens is 322 g/mol. The highest BCUT2D eigenvalue weighted by Crippen LogP contribution is 2.17. The van der Waals surface area contributed by atoms with E-state index in [0.717, 1.165) is 11.3 Å². The van der Waals surface area contributed by atoms with Crippen molar-refractivity contribution in [3.63, 3.8) is 0 Å². The molecule has 5 nitrogen and oxygen atoms in total. The Morgan fingerprint density at radius 1 is 1.30 bits per heavy atom. The number of carbonyl (C=O) groups excluding carboxylic acids is 1. The number of nitrogens with one attached hydrogen (secondary N) is 1. The third-order valence-corrected chi connectivity index (χ3v) is 3.13. The highest BCUT2D eigenvalue weighted by molar-refractivity contribution is 9.10. The maximum Gasteiger partial charge on any atom is 0.271 e. The van der Waals surface area contributed by atoms with Crippen LogP contribution in [0.5, 0.6) is 5.75 Å². The number of benzene rings is 1. The molecule has 2 rings (SSSR count). The minimum Gasteiger partial charge on any atom is -0.496 e. The Bertz CT molecular complexity index is 587. The monoisotopic (exact) mass is 335 g/mol. The van der Waals surface area contributed by atoms with E-state index in [-0.39, 0.29) is 5.91 Å². The van der Waals surface area contributed by atoms with Gasteiger partial charge in [-0.25, -0.2) is 9.97 Å². The second-order valence-electron chi connectivity index (χ2n) is 4.04. The van der Waals surface area contributed by atoms with Gasteiger partial charge in [0.15, 0.2) is 0 Å². The third kappa shape index (κ3) is 3.77. The lowest BCUT2D eigenvalue weighted by Gasteiger charge is -2.08. The van der Waals surface area contributed by atoms with Gasteiger partial charge in [0.25, 0.3) is 5.91 Å². The van der Waals surface area contributed by atoms with E-state index in [0.29, 0.717) is 23.3 Å². The molecule has 1 aromatic carbocycles. The number of ether oxygens (including phenoxy) is 1. The Morgan fingerprint density at radius 2 is 2.10 bits per heavy atom. The average Bonchev–Trinajstić information content (AvgIpc) is 2.48. The number of halogens is 1. The molecule has 0 bridgehead atoms. The summed E-state index contributed by atoms with van der Waals surface area (Å²) in [6.07, 6.45) is 3.62. The molecule has 104 valence electrons. The van der Waals surface area contributed by atoms with Crippen molar-refractivity contribution in [2.45, 2.75) is 6.42 Å². The zero-order chi connectivity index (χ0) is 14.4. The third-order valence-electron chi connectivity index (χ3n) is 2.73. The Hall–Kier alpha value is -1.95. The summed E-state index contributed by atoms with van der Waals surface area (Å²) >= 11 is 3.17. The first-order valence-corrected chi connectivity index (χ1v) is 6.87. The smallest absolute Gasteiger partial charge is 0.271 e. The van der Waals surface area contributed by atoms with Crippen molar-refractivity contribution >= 4 is 21.8 Å². The quantitative estimate of drug-likeness (QED) is 0.909. The molecule has 1 heterocycles. The minimum atomic E-state index is -0.236.